The first kappa shape index (κ1) is 15.5. The average molecular weight is 399 g/mol. The minimum absolute atomic E-state index is 0.138. The van der Waals surface area contributed by atoms with Gasteiger partial charge in [0.15, 0.2) is 0 Å². The van der Waals surface area contributed by atoms with E-state index in [-0.39, 0.29) is 4.83 Å². The molecule has 0 aliphatic carbocycles. The van der Waals surface area contributed by atoms with Crippen LogP contribution in [0.15, 0.2) is 36.4 Å². The average Bonchev–Trinajstić information content (AvgIpc) is 2.37. The van der Waals surface area contributed by atoms with Crippen LogP contribution >= 0.6 is 62.3 Å². The third-order valence-corrected chi connectivity index (χ3v) is 5.03. The van der Waals surface area contributed by atoms with E-state index in [1.807, 2.05) is 24.3 Å². The lowest BCUT2D eigenvalue weighted by atomic mass is 10.0. The Kier molecular flexibility index (Phi) is 5.45. The Hall–Kier alpha value is 0.0800. The van der Waals surface area contributed by atoms with E-state index < -0.39 is 0 Å². The molecule has 0 saturated heterocycles. The number of hydrogen-bond donors (Lipinski definition) is 0. The molecule has 0 N–H and O–H groups in total. The van der Waals surface area contributed by atoms with Crippen molar-refractivity contribution in [2.24, 2.45) is 0 Å². The molecule has 0 amide bonds. The smallest absolute Gasteiger partial charge is 0.0595 e. The van der Waals surface area contributed by atoms with Crippen LogP contribution in [0.5, 0.6) is 0 Å². The first-order valence-corrected chi connectivity index (χ1v) is 7.93. The lowest BCUT2D eigenvalue weighted by Crippen LogP contribution is -1.95. The first-order chi connectivity index (χ1) is 8.97. The van der Waals surface area contributed by atoms with Gasteiger partial charge < -0.3 is 0 Å². The van der Waals surface area contributed by atoms with E-state index in [0.29, 0.717) is 20.1 Å². The van der Waals surface area contributed by atoms with Crippen molar-refractivity contribution in [3.63, 3.8) is 0 Å². The maximum absolute atomic E-state index is 6.02. The van der Waals surface area contributed by atoms with E-state index in [2.05, 4.69) is 15.9 Å². The predicted octanol–water partition coefficient (Wildman–Crippen LogP) is 6.98. The van der Waals surface area contributed by atoms with Crippen LogP contribution < -0.4 is 0 Å². The number of halogens is 5. The van der Waals surface area contributed by atoms with Gasteiger partial charge in [0.2, 0.25) is 0 Å². The van der Waals surface area contributed by atoms with Crippen molar-refractivity contribution < 1.29 is 0 Å². The molecule has 1 unspecified atom stereocenters. The van der Waals surface area contributed by atoms with E-state index >= 15 is 0 Å². The Morgan fingerprint density at radius 1 is 0.789 bits per heavy atom. The summed E-state index contributed by atoms with van der Waals surface area (Å²) in [6, 6.07) is 11.2. The fourth-order valence-electron chi connectivity index (χ4n) is 1.70. The summed E-state index contributed by atoms with van der Waals surface area (Å²) in [7, 11) is 0. The summed E-state index contributed by atoms with van der Waals surface area (Å²) in [4.78, 5) is 0.138. The second kappa shape index (κ2) is 6.69. The molecule has 0 bridgehead atoms. The predicted molar refractivity (Wildman–Crippen MR) is 88.3 cm³/mol. The highest BCUT2D eigenvalue weighted by atomic mass is 79.9. The number of hydrogen-bond acceptors (Lipinski definition) is 0. The largest absolute Gasteiger partial charge is 0.0835 e. The molecule has 0 aliphatic heterocycles. The van der Waals surface area contributed by atoms with Crippen LogP contribution in [0.2, 0.25) is 20.1 Å². The van der Waals surface area contributed by atoms with Gasteiger partial charge in [-0.15, -0.1) is 0 Å². The maximum atomic E-state index is 6.02. The van der Waals surface area contributed by atoms with Crippen LogP contribution in [-0.2, 0) is 6.42 Å². The summed E-state index contributed by atoms with van der Waals surface area (Å²) in [6.07, 6.45) is 0.787. The van der Waals surface area contributed by atoms with Crippen molar-refractivity contribution in [2.75, 3.05) is 0 Å². The molecular weight excluding hydrogens is 390 g/mol. The molecule has 1 atom stereocenters. The van der Waals surface area contributed by atoms with Crippen molar-refractivity contribution in [3.8, 4) is 0 Å². The fourth-order valence-corrected chi connectivity index (χ4v) is 2.98. The molecular formula is C14H9BrCl4. The third kappa shape index (κ3) is 4.03. The molecule has 2 aromatic rings. The molecule has 0 saturated carbocycles. The van der Waals surface area contributed by atoms with Crippen LogP contribution in [0.4, 0.5) is 0 Å². The highest BCUT2D eigenvalue weighted by molar-refractivity contribution is 9.09. The Morgan fingerprint density at radius 3 is 1.95 bits per heavy atom. The van der Waals surface area contributed by atoms with Crippen LogP contribution in [-0.4, -0.2) is 0 Å². The van der Waals surface area contributed by atoms with Crippen LogP contribution in [0.25, 0.3) is 0 Å². The van der Waals surface area contributed by atoms with Gasteiger partial charge in [-0.05, 0) is 41.8 Å². The molecule has 100 valence electrons. The third-order valence-electron chi connectivity index (χ3n) is 2.70. The van der Waals surface area contributed by atoms with Gasteiger partial charge in [-0.25, -0.2) is 0 Å². The zero-order chi connectivity index (χ0) is 14.0. The standard InChI is InChI=1S/C14H9BrCl4/c15-10(9-2-4-12(17)14(19)7-9)5-8-1-3-11(16)13(18)6-8/h1-4,6-7,10H,5H2. The van der Waals surface area contributed by atoms with Crippen LogP contribution in [0, 0.1) is 0 Å². The molecule has 2 aromatic carbocycles. The molecule has 2 rings (SSSR count). The quantitative estimate of drug-likeness (QED) is 0.489. The van der Waals surface area contributed by atoms with E-state index in [0.717, 1.165) is 17.5 Å². The molecule has 0 heterocycles. The Bertz CT molecular complexity index is 598. The van der Waals surface area contributed by atoms with Gasteiger partial charge in [0.25, 0.3) is 0 Å². The van der Waals surface area contributed by atoms with Gasteiger partial charge in [-0.1, -0.05) is 74.5 Å². The molecule has 0 aromatic heterocycles. The number of benzene rings is 2. The number of alkyl halides is 1. The van der Waals surface area contributed by atoms with Crippen molar-refractivity contribution in [1.82, 2.24) is 0 Å². The maximum Gasteiger partial charge on any atom is 0.0595 e. The lowest BCUT2D eigenvalue weighted by Gasteiger charge is -2.12. The zero-order valence-electron chi connectivity index (χ0n) is 9.64. The Labute approximate surface area is 140 Å². The minimum Gasteiger partial charge on any atom is -0.0835 e. The van der Waals surface area contributed by atoms with Crippen molar-refractivity contribution in [3.05, 3.63) is 67.6 Å². The second-order valence-electron chi connectivity index (χ2n) is 4.09. The molecule has 0 radical (unpaired) electrons. The number of rotatable bonds is 3. The SMILES string of the molecule is Clc1ccc(CC(Br)c2ccc(Cl)c(Cl)c2)cc1Cl. The molecule has 0 nitrogen and oxygen atoms in total. The summed E-state index contributed by atoms with van der Waals surface area (Å²) >= 11 is 27.5. The summed E-state index contributed by atoms with van der Waals surface area (Å²) < 4.78 is 0. The second-order valence-corrected chi connectivity index (χ2v) is 6.83. The van der Waals surface area contributed by atoms with Crippen LogP contribution in [0.1, 0.15) is 16.0 Å². The van der Waals surface area contributed by atoms with Gasteiger partial charge in [0.1, 0.15) is 0 Å². The van der Waals surface area contributed by atoms with E-state index in [9.17, 15) is 0 Å². The fraction of sp³-hybridized carbons (Fsp3) is 0.143. The van der Waals surface area contributed by atoms with Crippen molar-refractivity contribution >= 4 is 62.3 Å². The first-order valence-electron chi connectivity index (χ1n) is 5.50. The summed E-state index contributed by atoms with van der Waals surface area (Å²) in [5.74, 6) is 0. The topological polar surface area (TPSA) is 0 Å². The van der Waals surface area contributed by atoms with Gasteiger partial charge >= 0.3 is 0 Å². The molecule has 0 fully saturated rings. The monoisotopic (exact) mass is 396 g/mol. The van der Waals surface area contributed by atoms with Gasteiger partial charge in [-0.2, -0.15) is 0 Å². The Morgan fingerprint density at radius 2 is 1.37 bits per heavy atom. The molecule has 5 heteroatoms. The van der Waals surface area contributed by atoms with Gasteiger partial charge in [0, 0.05) is 4.83 Å². The van der Waals surface area contributed by atoms with E-state index in [1.165, 1.54) is 0 Å². The molecule has 0 aliphatic rings. The van der Waals surface area contributed by atoms with E-state index in [4.69, 9.17) is 46.4 Å². The zero-order valence-corrected chi connectivity index (χ0v) is 14.2. The van der Waals surface area contributed by atoms with Gasteiger partial charge in [-0.3, -0.25) is 0 Å². The van der Waals surface area contributed by atoms with Crippen molar-refractivity contribution in [2.45, 2.75) is 11.2 Å². The van der Waals surface area contributed by atoms with Gasteiger partial charge in [0.05, 0.1) is 20.1 Å². The van der Waals surface area contributed by atoms with Crippen LogP contribution in [0.3, 0.4) is 0 Å². The minimum atomic E-state index is 0.138. The highest BCUT2D eigenvalue weighted by Crippen LogP contribution is 2.33. The normalized spacial score (nSPS) is 12.5. The van der Waals surface area contributed by atoms with E-state index in [1.54, 1.807) is 12.1 Å². The molecule has 19 heavy (non-hydrogen) atoms. The van der Waals surface area contributed by atoms with Crippen molar-refractivity contribution in [1.29, 1.82) is 0 Å². The summed E-state index contributed by atoms with van der Waals surface area (Å²) in [5, 5.41) is 2.23. The summed E-state index contributed by atoms with van der Waals surface area (Å²) in [5.41, 5.74) is 2.17. The Balaban J connectivity index is 2.17. The molecule has 0 spiro atoms. The summed E-state index contributed by atoms with van der Waals surface area (Å²) in [6.45, 7) is 0. The lowest BCUT2D eigenvalue weighted by molar-refractivity contribution is 0.949. The highest BCUT2D eigenvalue weighted by Gasteiger charge is 2.11.